The largest absolute Gasteiger partial charge is 0.303 e. The van der Waals surface area contributed by atoms with Gasteiger partial charge in [-0.3, -0.25) is 4.84 Å². The number of likely N-dealkylation sites (tertiary alicyclic amines) is 1. The lowest BCUT2D eigenvalue weighted by Gasteiger charge is -2.28. The summed E-state index contributed by atoms with van der Waals surface area (Å²) in [6.45, 7) is 5.30. The van der Waals surface area contributed by atoms with E-state index in [-0.39, 0.29) is 5.60 Å². The predicted octanol–water partition coefficient (Wildman–Crippen LogP) is 1.14. The Morgan fingerprint density at radius 1 is 1.58 bits per heavy atom. The Hall–Kier alpha value is -0.120. The van der Waals surface area contributed by atoms with Crippen LogP contribution in [-0.2, 0) is 4.84 Å². The molecule has 72 valence electrons. The molecule has 1 rings (SSSR count). The van der Waals surface area contributed by atoms with E-state index in [9.17, 15) is 0 Å². The standard InChI is InChI=1S/C9H20N2O/c1-9(2,12-10)7-8-5-4-6-11(8)3/h8H,4-7,10H2,1-3H3. The predicted molar refractivity (Wildman–Crippen MR) is 49.6 cm³/mol. The van der Waals surface area contributed by atoms with Gasteiger partial charge in [-0.2, -0.15) is 0 Å². The summed E-state index contributed by atoms with van der Waals surface area (Å²) < 4.78 is 0. The highest BCUT2D eigenvalue weighted by Crippen LogP contribution is 2.24. The van der Waals surface area contributed by atoms with Crippen LogP contribution < -0.4 is 5.90 Å². The molecule has 1 saturated heterocycles. The molecule has 0 amide bonds. The lowest BCUT2D eigenvalue weighted by atomic mass is 9.98. The molecule has 1 aliphatic rings. The van der Waals surface area contributed by atoms with E-state index in [1.54, 1.807) is 0 Å². The summed E-state index contributed by atoms with van der Waals surface area (Å²) in [5.41, 5.74) is -0.177. The van der Waals surface area contributed by atoms with Crippen molar-refractivity contribution in [3.63, 3.8) is 0 Å². The van der Waals surface area contributed by atoms with Gasteiger partial charge in [-0.1, -0.05) is 0 Å². The van der Waals surface area contributed by atoms with Crippen LogP contribution in [0.4, 0.5) is 0 Å². The lowest BCUT2D eigenvalue weighted by molar-refractivity contribution is -0.0377. The number of hydrogen-bond acceptors (Lipinski definition) is 3. The summed E-state index contributed by atoms with van der Waals surface area (Å²) in [7, 11) is 2.17. The van der Waals surface area contributed by atoms with Crippen molar-refractivity contribution in [1.29, 1.82) is 0 Å². The molecule has 1 aliphatic heterocycles. The van der Waals surface area contributed by atoms with Crippen molar-refractivity contribution >= 4 is 0 Å². The molecule has 2 N–H and O–H groups in total. The molecule has 0 spiro atoms. The quantitative estimate of drug-likeness (QED) is 0.649. The molecular formula is C9H20N2O. The smallest absolute Gasteiger partial charge is 0.0852 e. The first-order valence-electron chi connectivity index (χ1n) is 4.63. The molecular weight excluding hydrogens is 152 g/mol. The van der Waals surface area contributed by atoms with E-state index in [0.29, 0.717) is 6.04 Å². The molecule has 1 fully saturated rings. The topological polar surface area (TPSA) is 38.5 Å². The van der Waals surface area contributed by atoms with Crippen molar-refractivity contribution in [2.24, 2.45) is 5.90 Å². The van der Waals surface area contributed by atoms with Crippen LogP contribution in [0.5, 0.6) is 0 Å². The van der Waals surface area contributed by atoms with E-state index in [1.165, 1.54) is 19.4 Å². The van der Waals surface area contributed by atoms with Crippen LogP contribution in [0.2, 0.25) is 0 Å². The van der Waals surface area contributed by atoms with Gasteiger partial charge in [-0.05, 0) is 46.7 Å². The average molecular weight is 172 g/mol. The van der Waals surface area contributed by atoms with Gasteiger partial charge in [0, 0.05) is 6.04 Å². The normalized spacial score (nSPS) is 26.5. The Morgan fingerprint density at radius 3 is 2.67 bits per heavy atom. The van der Waals surface area contributed by atoms with Gasteiger partial charge in [0.25, 0.3) is 0 Å². The van der Waals surface area contributed by atoms with E-state index in [1.807, 2.05) is 13.8 Å². The van der Waals surface area contributed by atoms with Gasteiger partial charge in [0.05, 0.1) is 5.60 Å². The summed E-state index contributed by atoms with van der Waals surface area (Å²) >= 11 is 0. The van der Waals surface area contributed by atoms with Gasteiger partial charge in [0.2, 0.25) is 0 Å². The zero-order valence-electron chi connectivity index (χ0n) is 8.34. The third-order valence-electron chi connectivity index (χ3n) is 2.72. The molecule has 0 aromatic heterocycles. The van der Waals surface area contributed by atoms with Crippen LogP contribution in [0.3, 0.4) is 0 Å². The highest BCUT2D eigenvalue weighted by atomic mass is 16.6. The summed E-state index contributed by atoms with van der Waals surface area (Å²) in [6, 6.07) is 0.656. The Kier molecular flexibility index (Phi) is 3.09. The van der Waals surface area contributed by atoms with Gasteiger partial charge in [0.1, 0.15) is 0 Å². The molecule has 0 aromatic carbocycles. The number of nitrogens with two attached hydrogens (primary N) is 1. The zero-order chi connectivity index (χ0) is 9.19. The molecule has 1 heterocycles. The van der Waals surface area contributed by atoms with Gasteiger partial charge >= 0.3 is 0 Å². The van der Waals surface area contributed by atoms with Crippen LogP contribution in [0.15, 0.2) is 0 Å². The average Bonchev–Trinajstić information content (AvgIpc) is 2.36. The highest BCUT2D eigenvalue weighted by molar-refractivity contribution is 4.83. The van der Waals surface area contributed by atoms with E-state index < -0.39 is 0 Å². The second kappa shape index (κ2) is 3.73. The minimum Gasteiger partial charge on any atom is -0.303 e. The van der Waals surface area contributed by atoms with Crippen molar-refractivity contribution < 1.29 is 4.84 Å². The van der Waals surface area contributed by atoms with Crippen LogP contribution in [0.25, 0.3) is 0 Å². The van der Waals surface area contributed by atoms with Crippen LogP contribution in [0.1, 0.15) is 33.1 Å². The first-order valence-corrected chi connectivity index (χ1v) is 4.63. The molecule has 12 heavy (non-hydrogen) atoms. The van der Waals surface area contributed by atoms with Gasteiger partial charge in [0.15, 0.2) is 0 Å². The van der Waals surface area contributed by atoms with E-state index >= 15 is 0 Å². The molecule has 0 saturated carbocycles. The Morgan fingerprint density at radius 2 is 2.25 bits per heavy atom. The van der Waals surface area contributed by atoms with Crippen LogP contribution in [-0.4, -0.2) is 30.1 Å². The van der Waals surface area contributed by atoms with Crippen molar-refractivity contribution in [2.75, 3.05) is 13.6 Å². The second-order valence-electron chi connectivity index (χ2n) is 4.36. The monoisotopic (exact) mass is 172 g/mol. The van der Waals surface area contributed by atoms with Gasteiger partial charge < -0.3 is 4.90 Å². The van der Waals surface area contributed by atoms with Crippen molar-refractivity contribution in [3.8, 4) is 0 Å². The molecule has 0 radical (unpaired) electrons. The number of rotatable bonds is 3. The number of hydrogen-bond donors (Lipinski definition) is 1. The maximum absolute atomic E-state index is 5.21. The zero-order valence-corrected chi connectivity index (χ0v) is 8.34. The maximum Gasteiger partial charge on any atom is 0.0852 e. The SMILES string of the molecule is CN1CCCC1CC(C)(C)ON. The minimum atomic E-state index is -0.177. The highest BCUT2D eigenvalue weighted by Gasteiger charge is 2.28. The lowest BCUT2D eigenvalue weighted by Crippen LogP contribution is -2.37. The Bertz CT molecular complexity index is 147. The first-order chi connectivity index (χ1) is 5.55. The molecule has 0 aliphatic carbocycles. The summed E-state index contributed by atoms with van der Waals surface area (Å²) in [4.78, 5) is 7.31. The first kappa shape index (κ1) is 9.96. The van der Waals surface area contributed by atoms with E-state index in [0.717, 1.165) is 6.42 Å². The van der Waals surface area contributed by atoms with E-state index in [4.69, 9.17) is 10.7 Å². The number of nitrogens with zero attached hydrogens (tertiary/aromatic N) is 1. The fourth-order valence-corrected chi connectivity index (χ4v) is 1.85. The third-order valence-corrected chi connectivity index (χ3v) is 2.72. The van der Waals surface area contributed by atoms with Crippen LogP contribution >= 0.6 is 0 Å². The summed E-state index contributed by atoms with van der Waals surface area (Å²) in [6.07, 6.45) is 3.62. The fraction of sp³-hybridized carbons (Fsp3) is 1.00. The Labute approximate surface area is 74.8 Å². The molecule has 0 aromatic rings. The molecule has 3 heteroatoms. The van der Waals surface area contributed by atoms with Crippen molar-refractivity contribution in [2.45, 2.75) is 44.8 Å². The fourth-order valence-electron chi connectivity index (χ4n) is 1.85. The molecule has 3 nitrogen and oxygen atoms in total. The summed E-state index contributed by atoms with van der Waals surface area (Å²) in [5, 5.41) is 0. The van der Waals surface area contributed by atoms with Crippen LogP contribution in [0, 0.1) is 0 Å². The van der Waals surface area contributed by atoms with Gasteiger partial charge in [-0.25, -0.2) is 5.90 Å². The second-order valence-corrected chi connectivity index (χ2v) is 4.36. The van der Waals surface area contributed by atoms with Gasteiger partial charge in [-0.15, -0.1) is 0 Å². The molecule has 1 unspecified atom stereocenters. The maximum atomic E-state index is 5.21. The van der Waals surface area contributed by atoms with Crippen molar-refractivity contribution in [3.05, 3.63) is 0 Å². The third kappa shape index (κ3) is 2.44. The summed E-state index contributed by atoms with van der Waals surface area (Å²) in [5.74, 6) is 5.21. The van der Waals surface area contributed by atoms with Crippen molar-refractivity contribution in [1.82, 2.24) is 4.90 Å². The molecule has 0 bridgehead atoms. The van der Waals surface area contributed by atoms with E-state index in [2.05, 4.69) is 11.9 Å². The minimum absolute atomic E-state index is 0.177. The Balaban J connectivity index is 2.39. The molecule has 1 atom stereocenters.